The molecule has 2 aromatic rings. The predicted octanol–water partition coefficient (Wildman–Crippen LogP) is 2.36. The van der Waals surface area contributed by atoms with Gasteiger partial charge in [-0.15, -0.1) is 0 Å². The average molecular weight is 405 g/mol. The van der Waals surface area contributed by atoms with Crippen molar-refractivity contribution in [2.75, 3.05) is 13.1 Å². The van der Waals surface area contributed by atoms with Crippen molar-refractivity contribution in [3.05, 3.63) is 50.6 Å². The van der Waals surface area contributed by atoms with Crippen molar-refractivity contribution < 1.29 is 4.79 Å². The number of aromatic nitrogens is 3. The molecule has 25 heavy (non-hydrogen) atoms. The Labute approximate surface area is 154 Å². The van der Waals surface area contributed by atoms with Gasteiger partial charge < -0.3 is 4.90 Å². The van der Waals surface area contributed by atoms with Gasteiger partial charge in [0.1, 0.15) is 11.9 Å². The number of rotatable bonds is 3. The lowest BCUT2D eigenvalue weighted by Gasteiger charge is -2.27. The highest BCUT2D eigenvalue weighted by Gasteiger charge is 2.34. The molecule has 132 valence electrons. The Morgan fingerprint density at radius 1 is 1.16 bits per heavy atom. The van der Waals surface area contributed by atoms with Crippen LogP contribution >= 0.6 is 15.9 Å². The monoisotopic (exact) mass is 404 g/mol. The first-order valence-electron chi connectivity index (χ1n) is 8.85. The summed E-state index contributed by atoms with van der Waals surface area (Å²) in [6.07, 6.45) is 4.50. The zero-order valence-electron chi connectivity index (χ0n) is 14.0. The summed E-state index contributed by atoms with van der Waals surface area (Å²) in [6.45, 7) is 2.05. The van der Waals surface area contributed by atoms with E-state index in [9.17, 15) is 9.59 Å². The van der Waals surface area contributed by atoms with Gasteiger partial charge in [-0.3, -0.25) is 9.36 Å². The van der Waals surface area contributed by atoms with Gasteiger partial charge in [0.15, 0.2) is 0 Å². The number of likely N-dealkylation sites (tertiary alicyclic amines) is 1. The summed E-state index contributed by atoms with van der Waals surface area (Å²) in [5.41, 5.74) is 0.846. The first kappa shape index (κ1) is 16.6. The molecular weight excluding hydrogens is 384 g/mol. The normalized spacial score (nSPS) is 19.9. The van der Waals surface area contributed by atoms with Crippen molar-refractivity contribution in [2.45, 2.75) is 44.7 Å². The maximum absolute atomic E-state index is 12.9. The molecule has 1 saturated heterocycles. The number of carbonyl (C=O) groups is 1. The number of carbonyl (C=O) groups excluding carboxylic acids is 1. The van der Waals surface area contributed by atoms with Crippen molar-refractivity contribution in [3.63, 3.8) is 0 Å². The molecule has 2 aliphatic rings. The van der Waals surface area contributed by atoms with E-state index in [1.54, 1.807) is 4.57 Å². The standard InChI is InChI=1S/C18H21BrN4O2/c19-14-8-6-13(7-9-14)12-22-18(25)23-15(4-3-5-16(23)20-22)17(24)21-10-1-2-11-21/h6-9,15H,1-5,10-12H2. The van der Waals surface area contributed by atoms with E-state index in [0.717, 1.165) is 61.1 Å². The summed E-state index contributed by atoms with van der Waals surface area (Å²) in [5, 5.41) is 4.51. The molecule has 1 fully saturated rings. The predicted molar refractivity (Wildman–Crippen MR) is 97.5 cm³/mol. The second kappa shape index (κ2) is 6.78. The van der Waals surface area contributed by atoms with Gasteiger partial charge in [-0.1, -0.05) is 28.1 Å². The largest absolute Gasteiger partial charge is 0.346 e. The van der Waals surface area contributed by atoms with Crippen LogP contribution in [0.2, 0.25) is 0 Å². The lowest BCUT2D eigenvalue weighted by molar-refractivity contribution is -0.134. The number of aryl methyl sites for hydroxylation is 1. The first-order chi connectivity index (χ1) is 12.1. The molecular formula is C18H21BrN4O2. The van der Waals surface area contributed by atoms with Gasteiger partial charge in [0.05, 0.1) is 6.54 Å². The molecule has 1 unspecified atom stereocenters. The first-order valence-corrected chi connectivity index (χ1v) is 9.64. The number of hydrogen-bond acceptors (Lipinski definition) is 3. The molecule has 0 spiro atoms. The Hall–Kier alpha value is -1.89. The minimum absolute atomic E-state index is 0.0868. The Morgan fingerprint density at radius 2 is 1.88 bits per heavy atom. The van der Waals surface area contributed by atoms with Crippen LogP contribution in [0.5, 0.6) is 0 Å². The molecule has 7 heteroatoms. The zero-order valence-corrected chi connectivity index (χ0v) is 15.6. The quantitative estimate of drug-likeness (QED) is 0.788. The van der Waals surface area contributed by atoms with E-state index in [1.165, 1.54) is 4.68 Å². The van der Waals surface area contributed by atoms with E-state index in [2.05, 4.69) is 21.0 Å². The summed E-state index contributed by atoms with van der Waals surface area (Å²) in [4.78, 5) is 27.6. The summed E-state index contributed by atoms with van der Waals surface area (Å²) >= 11 is 3.42. The maximum atomic E-state index is 12.9. The fourth-order valence-corrected chi connectivity index (χ4v) is 4.04. The van der Waals surface area contributed by atoms with Crippen LogP contribution in [0.15, 0.2) is 33.5 Å². The second-order valence-electron chi connectivity index (χ2n) is 6.79. The van der Waals surface area contributed by atoms with Crippen LogP contribution in [0.25, 0.3) is 0 Å². The molecule has 0 aliphatic carbocycles. The van der Waals surface area contributed by atoms with Gasteiger partial charge in [0.25, 0.3) is 0 Å². The van der Waals surface area contributed by atoms with Crippen LogP contribution in [0.1, 0.15) is 43.1 Å². The fourth-order valence-electron chi connectivity index (χ4n) is 3.78. The average Bonchev–Trinajstić information content (AvgIpc) is 3.25. The number of fused-ring (bicyclic) bond motifs is 1. The lowest BCUT2D eigenvalue weighted by atomic mass is 10.0. The highest BCUT2D eigenvalue weighted by atomic mass is 79.9. The Bertz CT molecular complexity index is 834. The van der Waals surface area contributed by atoms with Crippen LogP contribution in [-0.2, 0) is 17.8 Å². The van der Waals surface area contributed by atoms with Crippen LogP contribution in [-0.4, -0.2) is 38.2 Å². The third-order valence-electron chi connectivity index (χ3n) is 5.08. The lowest BCUT2D eigenvalue weighted by Crippen LogP contribution is -2.41. The van der Waals surface area contributed by atoms with Crippen molar-refractivity contribution in [1.29, 1.82) is 0 Å². The van der Waals surface area contributed by atoms with E-state index >= 15 is 0 Å². The van der Waals surface area contributed by atoms with Crippen LogP contribution < -0.4 is 5.69 Å². The van der Waals surface area contributed by atoms with Crippen molar-refractivity contribution >= 4 is 21.8 Å². The topological polar surface area (TPSA) is 60.1 Å². The fraction of sp³-hybridized carbons (Fsp3) is 0.500. The Balaban J connectivity index is 1.63. The SMILES string of the molecule is O=C(C1CCCc2nn(Cc3ccc(Br)cc3)c(=O)n21)N1CCCC1. The van der Waals surface area contributed by atoms with Crippen LogP contribution in [0.3, 0.4) is 0 Å². The molecule has 0 radical (unpaired) electrons. The van der Waals surface area contributed by atoms with Gasteiger partial charge in [-0.25, -0.2) is 9.48 Å². The van der Waals surface area contributed by atoms with E-state index in [4.69, 9.17) is 0 Å². The van der Waals surface area contributed by atoms with Crippen LogP contribution in [0.4, 0.5) is 0 Å². The molecule has 1 aromatic heterocycles. The highest BCUT2D eigenvalue weighted by molar-refractivity contribution is 9.10. The summed E-state index contributed by atoms with van der Waals surface area (Å²) in [6, 6.07) is 7.48. The van der Waals surface area contributed by atoms with Crippen molar-refractivity contribution in [2.24, 2.45) is 0 Å². The van der Waals surface area contributed by atoms with Gasteiger partial charge in [0, 0.05) is 24.0 Å². The summed E-state index contributed by atoms with van der Waals surface area (Å²) < 4.78 is 4.14. The summed E-state index contributed by atoms with van der Waals surface area (Å²) in [5.74, 6) is 0.828. The molecule has 2 aliphatic heterocycles. The highest BCUT2D eigenvalue weighted by Crippen LogP contribution is 2.25. The Morgan fingerprint density at radius 3 is 2.60 bits per heavy atom. The number of halogens is 1. The molecule has 3 heterocycles. The van der Waals surface area contributed by atoms with Crippen molar-refractivity contribution in [3.8, 4) is 0 Å². The number of benzene rings is 1. The van der Waals surface area contributed by atoms with E-state index in [1.807, 2.05) is 29.2 Å². The van der Waals surface area contributed by atoms with Crippen LogP contribution in [0, 0.1) is 0 Å². The molecule has 0 bridgehead atoms. The van der Waals surface area contributed by atoms with Gasteiger partial charge in [0.2, 0.25) is 5.91 Å². The number of hydrogen-bond donors (Lipinski definition) is 0. The molecule has 1 aromatic carbocycles. The molecule has 1 atom stereocenters. The minimum Gasteiger partial charge on any atom is -0.341 e. The second-order valence-corrected chi connectivity index (χ2v) is 7.71. The maximum Gasteiger partial charge on any atom is 0.346 e. The van der Waals surface area contributed by atoms with E-state index < -0.39 is 0 Å². The Kier molecular flexibility index (Phi) is 4.50. The van der Waals surface area contributed by atoms with Gasteiger partial charge in [-0.2, -0.15) is 5.10 Å². The van der Waals surface area contributed by atoms with E-state index in [0.29, 0.717) is 6.54 Å². The van der Waals surface area contributed by atoms with Gasteiger partial charge >= 0.3 is 5.69 Å². The number of nitrogens with zero attached hydrogens (tertiary/aromatic N) is 4. The molecule has 1 amide bonds. The smallest absolute Gasteiger partial charge is 0.341 e. The minimum atomic E-state index is -0.381. The molecule has 0 N–H and O–H groups in total. The third kappa shape index (κ3) is 3.17. The number of amides is 1. The summed E-state index contributed by atoms with van der Waals surface area (Å²) in [7, 11) is 0. The molecule has 6 nitrogen and oxygen atoms in total. The zero-order chi connectivity index (χ0) is 17.4. The molecule has 4 rings (SSSR count). The van der Waals surface area contributed by atoms with Crippen molar-refractivity contribution in [1.82, 2.24) is 19.2 Å². The van der Waals surface area contributed by atoms with Gasteiger partial charge in [-0.05, 0) is 43.4 Å². The third-order valence-corrected chi connectivity index (χ3v) is 5.61. The van der Waals surface area contributed by atoms with E-state index in [-0.39, 0.29) is 17.6 Å². The molecule has 0 saturated carbocycles.